The lowest BCUT2D eigenvalue weighted by molar-refractivity contribution is -0.119. The first-order valence-corrected chi connectivity index (χ1v) is 7.09. The number of primary amides is 1. The Balaban J connectivity index is 1.69. The fraction of sp³-hybridized carbons (Fsp3) is 0.118. The highest BCUT2D eigenvalue weighted by molar-refractivity contribution is 5.75. The molecule has 0 aliphatic heterocycles. The van der Waals surface area contributed by atoms with Gasteiger partial charge in [-0.1, -0.05) is 35.5 Å². The Bertz CT molecular complexity index is 782. The normalized spacial score (nSPS) is 10.4. The lowest BCUT2D eigenvalue weighted by Gasteiger charge is -2.03. The zero-order valence-electron chi connectivity index (χ0n) is 12.3. The number of benzene rings is 2. The van der Waals surface area contributed by atoms with E-state index in [-0.39, 0.29) is 6.61 Å². The van der Waals surface area contributed by atoms with Crippen molar-refractivity contribution in [1.29, 1.82) is 0 Å². The summed E-state index contributed by atoms with van der Waals surface area (Å²) in [6, 6.07) is 17.0. The number of rotatable bonds is 6. The first kappa shape index (κ1) is 14.8. The van der Waals surface area contributed by atoms with E-state index >= 15 is 0 Å². The van der Waals surface area contributed by atoms with Crippen LogP contribution in [0.25, 0.3) is 11.4 Å². The first-order valence-electron chi connectivity index (χ1n) is 7.09. The summed E-state index contributed by atoms with van der Waals surface area (Å²) in [5, 5.41) is 3.99. The highest BCUT2D eigenvalue weighted by Crippen LogP contribution is 2.20. The van der Waals surface area contributed by atoms with Crippen LogP contribution in [0.15, 0.2) is 59.1 Å². The predicted molar refractivity (Wildman–Crippen MR) is 83.7 cm³/mol. The van der Waals surface area contributed by atoms with Crippen LogP contribution in [0.3, 0.4) is 0 Å². The maximum Gasteiger partial charge on any atom is 0.255 e. The molecular weight excluding hydrogens is 294 g/mol. The van der Waals surface area contributed by atoms with Crippen molar-refractivity contribution in [2.45, 2.75) is 6.42 Å². The van der Waals surface area contributed by atoms with Gasteiger partial charge < -0.3 is 15.0 Å². The summed E-state index contributed by atoms with van der Waals surface area (Å²) >= 11 is 0. The van der Waals surface area contributed by atoms with E-state index < -0.39 is 5.91 Å². The number of carbonyl (C=O) groups excluding carboxylic acids is 1. The van der Waals surface area contributed by atoms with E-state index in [9.17, 15) is 4.79 Å². The van der Waals surface area contributed by atoms with E-state index in [4.69, 9.17) is 15.0 Å². The van der Waals surface area contributed by atoms with E-state index in [0.29, 0.717) is 23.9 Å². The van der Waals surface area contributed by atoms with Crippen LogP contribution in [0.1, 0.15) is 11.5 Å². The van der Waals surface area contributed by atoms with Crippen molar-refractivity contribution in [1.82, 2.24) is 10.1 Å². The molecule has 0 radical (unpaired) electrons. The highest BCUT2D eigenvalue weighted by atomic mass is 16.5. The summed E-state index contributed by atoms with van der Waals surface area (Å²) in [6.45, 7) is -0.150. The molecule has 1 aromatic heterocycles. The SMILES string of the molecule is NC(=O)COc1ccc(-c2noc(Cc3ccccc3)n2)cc1. The Morgan fingerprint density at radius 3 is 2.52 bits per heavy atom. The van der Waals surface area contributed by atoms with Gasteiger partial charge >= 0.3 is 0 Å². The van der Waals surface area contributed by atoms with Crippen LogP contribution in [-0.2, 0) is 11.2 Å². The molecule has 3 rings (SSSR count). The fourth-order valence-electron chi connectivity index (χ4n) is 2.07. The van der Waals surface area contributed by atoms with Gasteiger partial charge in [0.1, 0.15) is 5.75 Å². The van der Waals surface area contributed by atoms with Crippen LogP contribution < -0.4 is 10.5 Å². The lowest BCUT2D eigenvalue weighted by atomic mass is 10.1. The van der Waals surface area contributed by atoms with E-state index in [1.165, 1.54) is 0 Å². The lowest BCUT2D eigenvalue weighted by Crippen LogP contribution is -2.19. The summed E-state index contributed by atoms with van der Waals surface area (Å²) in [6.07, 6.45) is 0.591. The molecule has 1 amide bonds. The molecule has 0 aliphatic carbocycles. The van der Waals surface area contributed by atoms with Gasteiger partial charge in [0.2, 0.25) is 11.7 Å². The molecule has 0 saturated heterocycles. The third-order valence-electron chi connectivity index (χ3n) is 3.16. The van der Waals surface area contributed by atoms with Crippen LogP contribution in [0.4, 0.5) is 0 Å². The summed E-state index contributed by atoms with van der Waals surface area (Å²) in [5.74, 6) is 1.11. The molecular formula is C17H15N3O3. The van der Waals surface area contributed by atoms with E-state index in [2.05, 4.69) is 10.1 Å². The van der Waals surface area contributed by atoms with Crippen LogP contribution in [0, 0.1) is 0 Å². The van der Waals surface area contributed by atoms with Crippen molar-refractivity contribution < 1.29 is 14.1 Å². The van der Waals surface area contributed by atoms with Crippen LogP contribution >= 0.6 is 0 Å². The molecule has 0 saturated carbocycles. The van der Waals surface area contributed by atoms with Gasteiger partial charge in [0.05, 0.1) is 6.42 Å². The molecule has 0 spiro atoms. The topological polar surface area (TPSA) is 91.2 Å². The minimum atomic E-state index is -0.516. The van der Waals surface area contributed by atoms with Gasteiger partial charge in [-0.25, -0.2) is 0 Å². The average Bonchev–Trinajstić information content (AvgIpc) is 3.03. The Morgan fingerprint density at radius 2 is 1.83 bits per heavy atom. The quantitative estimate of drug-likeness (QED) is 0.753. The maximum atomic E-state index is 10.7. The third-order valence-corrected chi connectivity index (χ3v) is 3.16. The highest BCUT2D eigenvalue weighted by Gasteiger charge is 2.09. The molecule has 6 heteroatoms. The summed E-state index contributed by atoms with van der Waals surface area (Å²) in [5.41, 5.74) is 6.95. The molecule has 2 N–H and O–H groups in total. The van der Waals surface area contributed by atoms with Gasteiger partial charge in [-0.3, -0.25) is 4.79 Å². The number of carbonyl (C=O) groups is 1. The number of nitrogens with zero attached hydrogens (tertiary/aromatic N) is 2. The minimum absolute atomic E-state index is 0.150. The molecule has 116 valence electrons. The summed E-state index contributed by atoms with van der Waals surface area (Å²) < 4.78 is 10.5. The van der Waals surface area contributed by atoms with Crippen LogP contribution in [0.2, 0.25) is 0 Å². The van der Waals surface area contributed by atoms with Gasteiger partial charge in [0.15, 0.2) is 6.61 Å². The second-order valence-corrected chi connectivity index (χ2v) is 4.95. The molecule has 0 aliphatic rings. The predicted octanol–water partition coefficient (Wildman–Crippen LogP) is 2.19. The van der Waals surface area contributed by atoms with Crippen molar-refractivity contribution in [3.63, 3.8) is 0 Å². The first-order chi connectivity index (χ1) is 11.2. The van der Waals surface area contributed by atoms with Crippen molar-refractivity contribution in [3.8, 4) is 17.1 Å². The number of ether oxygens (including phenoxy) is 1. The molecule has 3 aromatic rings. The average molecular weight is 309 g/mol. The Hall–Kier alpha value is -3.15. The molecule has 1 heterocycles. The number of hydrogen-bond donors (Lipinski definition) is 1. The maximum absolute atomic E-state index is 10.7. The van der Waals surface area contributed by atoms with Crippen molar-refractivity contribution in [2.75, 3.05) is 6.61 Å². The standard InChI is InChI=1S/C17H15N3O3/c18-15(21)11-22-14-8-6-13(7-9-14)17-19-16(23-20-17)10-12-4-2-1-3-5-12/h1-9H,10-11H2,(H2,18,21). The van der Waals surface area contributed by atoms with Crippen molar-refractivity contribution in [2.24, 2.45) is 5.73 Å². The van der Waals surface area contributed by atoms with E-state index in [1.807, 2.05) is 30.3 Å². The van der Waals surface area contributed by atoms with Gasteiger partial charge in [0, 0.05) is 5.56 Å². The summed E-state index contributed by atoms with van der Waals surface area (Å²) in [4.78, 5) is 15.1. The largest absolute Gasteiger partial charge is 0.484 e. The number of amides is 1. The van der Waals surface area contributed by atoms with E-state index in [0.717, 1.165) is 11.1 Å². The summed E-state index contributed by atoms with van der Waals surface area (Å²) in [7, 11) is 0. The smallest absolute Gasteiger partial charge is 0.255 e. The van der Waals surface area contributed by atoms with Crippen LogP contribution in [0.5, 0.6) is 5.75 Å². The number of aromatic nitrogens is 2. The molecule has 23 heavy (non-hydrogen) atoms. The van der Waals surface area contributed by atoms with Gasteiger partial charge in [-0.05, 0) is 29.8 Å². The van der Waals surface area contributed by atoms with Crippen LogP contribution in [-0.4, -0.2) is 22.7 Å². The number of nitrogens with two attached hydrogens (primary N) is 1. The molecule has 0 fully saturated rings. The van der Waals surface area contributed by atoms with Gasteiger partial charge in [-0.2, -0.15) is 4.98 Å². The second-order valence-electron chi connectivity index (χ2n) is 4.95. The molecule has 0 atom stereocenters. The molecule has 6 nitrogen and oxygen atoms in total. The van der Waals surface area contributed by atoms with Crippen molar-refractivity contribution >= 4 is 5.91 Å². The Labute approximate surface area is 132 Å². The van der Waals surface area contributed by atoms with Gasteiger partial charge in [0.25, 0.3) is 5.91 Å². The molecule has 0 unspecified atom stereocenters. The molecule has 0 bridgehead atoms. The zero-order valence-corrected chi connectivity index (χ0v) is 12.3. The fourth-order valence-corrected chi connectivity index (χ4v) is 2.07. The van der Waals surface area contributed by atoms with Crippen molar-refractivity contribution in [3.05, 3.63) is 66.1 Å². The minimum Gasteiger partial charge on any atom is -0.484 e. The number of hydrogen-bond acceptors (Lipinski definition) is 5. The van der Waals surface area contributed by atoms with E-state index in [1.54, 1.807) is 24.3 Å². The van der Waals surface area contributed by atoms with Gasteiger partial charge in [-0.15, -0.1) is 0 Å². The Morgan fingerprint density at radius 1 is 1.09 bits per heavy atom. The zero-order chi connectivity index (χ0) is 16.1. The Kier molecular flexibility index (Phi) is 4.33. The second kappa shape index (κ2) is 6.74. The third kappa shape index (κ3) is 3.94. The molecule has 2 aromatic carbocycles. The monoisotopic (exact) mass is 309 g/mol.